The summed E-state index contributed by atoms with van der Waals surface area (Å²) in [6.07, 6.45) is 3.17. The number of nitrogens with zero attached hydrogens (tertiary/aromatic N) is 2. The third-order valence-corrected chi connectivity index (χ3v) is 2.79. The van der Waals surface area contributed by atoms with E-state index in [1.54, 1.807) is 19.2 Å². The summed E-state index contributed by atoms with van der Waals surface area (Å²) >= 11 is 0. The summed E-state index contributed by atoms with van der Waals surface area (Å²) < 4.78 is 5.06. The highest BCUT2D eigenvalue weighted by Gasteiger charge is 2.15. The van der Waals surface area contributed by atoms with Gasteiger partial charge in [-0.3, -0.25) is 0 Å². The van der Waals surface area contributed by atoms with Gasteiger partial charge in [0.25, 0.3) is 0 Å². The van der Waals surface area contributed by atoms with Crippen LogP contribution < -0.4 is 0 Å². The number of esters is 1. The fourth-order valence-electron chi connectivity index (χ4n) is 2.07. The van der Waals surface area contributed by atoms with E-state index in [4.69, 9.17) is 4.74 Å². The number of fused-ring (bicyclic) bond motifs is 3. The summed E-state index contributed by atoms with van der Waals surface area (Å²) in [6.45, 7) is 2.14. The Balaban J connectivity index is 2.35. The minimum atomic E-state index is -0.326. The van der Waals surface area contributed by atoms with Gasteiger partial charge < -0.3 is 9.72 Å². The van der Waals surface area contributed by atoms with Crippen LogP contribution in [0.4, 0.5) is 0 Å². The van der Waals surface area contributed by atoms with Crippen molar-refractivity contribution in [1.29, 1.82) is 0 Å². The molecule has 0 unspecified atom stereocenters. The Morgan fingerprint density at radius 2 is 2.33 bits per heavy atom. The molecule has 5 heteroatoms. The molecule has 0 aliphatic rings. The maximum absolute atomic E-state index is 11.9. The van der Waals surface area contributed by atoms with Gasteiger partial charge in [-0.05, 0) is 19.1 Å². The summed E-state index contributed by atoms with van der Waals surface area (Å²) in [5.74, 6) is -0.326. The van der Waals surface area contributed by atoms with Crippen LogP contribution in [-0.4, -0.2) is 27.5 Å². The zero-order chi connectivity index (χ0) is 12.5. The van der Waals surface area contributed by atoms with Crippen molar-refractivity contribution in [3.8, 4) is 0 Å². The number of hydrogen-bond donors (Lipinski definition) is 1. The van der Waals surface area contributed by atoms with E-state index in [0.29, 0.717) is 12.2 Å². The molecule has 1 N–H and O–H groups in total. The number of carbonyl (C=O) groups excluding carboxylic acids is 1. The Kier molecular flexibility index (Phi) is 2.44. The Morgan fingerprint density at radius 1 is 1.44 bits per heavy atom. The molecular weight excluding hydrogens is 230 g/mol. The minimum Gasteiger partial charge on any atom is -0.462 e. The topological polar surface area (TPSA) is 67.9 Å². The summed E-state index contributed by atoms with van der Waals surface area (Å²) in [5, 5.41) is 1.64. The lowest BCUT2D eigenvalue weighted by atomic mass is 10.1. The molecule has 1 aromatic carbocycles. The number of hydrogen-bond acceptors (Lipinski definition) is 4. The van der Waals surface area contributed by atoms with Crippen LogP contribution in [0.5, 0.6) is 0 Å². The lowest BCUT2D eigenvalue weighted by Crippen LogP contribution is -2.04. The van der Waals surface area contributed by atoms with E-state index in [1.165, 1.54) is 6.33 Å². The van der Waals surface area contributed by atoms with Crippen LogP contribution in [0.1, 0.15) is 17.3 Å². The van der Waals surface area contributed by atoms with Crippen LogP contribution >= 0.6 is 0 Å². The first-order valence-electron chi connectivity index (χ1n) is 5.68. The molecule has 0 amide bonds. The van der Waals surface area contributed by atoms with E-state index in [-0.39, 0.29) is 5.97 Å². The summed E-state index contributed by atoms with van der Waals surface area (Å²) in [7, 11) is 0. The molecule has 3 aromatic rings. The van der Waals surface area contributed by atoms with Crippen LogP contribution in [0.2, 0.25) is 0 Å². The number of aromatic amines is 1. The summed E-state index contributed by atoms with van der Waals surface area (Å²) in [5.41, 5.74) is 2.11. The molecule has 0 aliphatic carbocycles. The largest absolute Gasteiger partial charge is 0.462 e. The third kappa shape index (κ3) is 1.52. The predicted molar refractivity (Wildman–Crippen MR) is 67.4 cm³/mol. The van der Waals surface area contributed by atoms with Crippen molar-refractivity contribution in [2.24, 2.45) is 0 Å². The molecule has 0 spiro atoms. The molecule has 0 fully saturated rings. The van der Waals surface area contributed by atoms with Crippen molar-refractivity contribution < 1.29 is 9.53 Å². The number of aromatic nitrogens is 3. The molecule has 0 radical (unpaired) electrons. The average Bonchev–Trinajstić information content (AvgIpc) is 2.77. The number of carbonyl (C=O) groups is 1. The molecule has 0 saturated carbocycles. The molecule has 0 saturated heterocycles. The van der Waals surface area contributed by atoms with Crippen LogP contribution in [0.3, 0.4) is 0 Å². The van der Waals surface area contributed by atoms with Crippen molar-refractivity contribution in [3.63, 3.8) is 0 Å². The highest BCUT2D eigenvalue weighted by Crippen LogP contribution is 2.27. The maximum Gasteiger partial charge on any atom is 0.338 e. The van der Waals surface area contributed by atoms with Gasteiger partial charge in [-0.25, -0.2) is 14.8 Å². The summed E-state index contributed by atoms with van der Waals surface area (Å²) in [4.78, 5) is 23.2. The fourth-order valence-corrected chi connectivity index (χ4v) is 2.07. The molecular formula is C13H11N3O2. The first-order valence-corrected chi connectivity index (χ1v) is 5.68. The van der Waals surface area contributed by atoms with Crippen molar-refractivity contribution in [1.82, 2.24) is 15.0 Å². The van der Waals surface area contributed by atoms with Crippen molar-refractivity contribution in [3.05, 3.63) is 36.3 Å². The highest BCUT2D eigenvalue weighted by molar-refractivity contribution is 6.15. The second-order valence-electron chi connectivity index (χ2n) is 3.86. The van der Waals surface area contributed by atoms with E-state index >= 15 is 0 Å². The Bertz CT molecular complexity index is 733. The van der Waals surface area contributed by atoms with Gasteiger partial charge in [0.15, 0.2) is 0 Å². The zero-order valence-electron chi connectivity index (χ0n) is 9.80. The number of nitrogens with one attached hydrogen (secondary N) is 1. The fraction of sp³-hybridized carbons (Fsp3) is 0.154. The lowest BCUT2D eigenvalue weighted by Gasteiger charge is -2.03. The van der Waals surface area contributed by atoms with Crippen molar-refractivity contribution in [2.75, 3.05) is 6.61 Å². The predicted octanol–water partition coefficient (Wildman–Crippen LogP) is 2.29. The molecule has 0 atom stereocenters. The van der Waals surface area contributed by atoms with E-state index < -0.39 is 0 Å². The maximum atomic E-state index is 11.9. The van der Waals surface area contributed by atoms with E-state index in [9.17, 15) is 4.79 Å². The Hall–Kier alpha value is -2.43. The monoisotopic (exact) mass is 241 g/mol. The van der Waals surface area contributed by atoms with E-state index in [1.807, 2.05) is 12.1 Å². The third-order valence-electron chi connectivity index (χ3n) is 2.79. The highest BCUT2D eigenvalue weighted by atomic mass is 16.5. The van der Waals surface area contributed by atoms with Crippen LogP contribution in [0, 0.1) is 0 Å². The Labute approximate surface area is 103 Å². The van der Waals surface area contributed by atoms with Crippen molar-refractivity contribution >= 4 is 27.9 Å². The van der Waals surface area contributed by atoms with Gasteiger partial charge in [-0.15, -0.1) is 0 Å². The standard InChI is InChI=1S/C13H11N3O2/c1-2-18-13(17)8-4-3-5-10-11(8)9-6-14-7-15-12(9)16-10/h3-7H,2H2,1H3,(H,14,15,16). The zero-order valence-corrected chi connectivity index (χ0v) is 9.80. The van der Waals surface area contributed by atoms with Gasteiger partial charge >= 0.3 is 5.97 Å². The first-order chi connectivity index (χ1) is 8.81. The van der Waals surface area contributed by atoms with Crippen LogP contribution in [-0.2, 0) is 4.74 Å². The molecule has 90 valence electrons. The molecule has 0 aliphatic heterocycles. The number of ether oxygens (including phenoxy) is 1. The summed E-state index contributed by atoms with van der Waals surface area (Å²) in [6, 6.07) is 5.47. The quantitative estimate of drug-likeness (QED) is 0.699. The molecule has 18 heavy (non-hydrogen) atoms. The van der Waals surface area contributed by atoms with E-state index in [2.05, 4.69) is 15.0 Å². The normalized spacial score (nSPS) is 10.9. The second kappa shape index (κ2) is 4.10. The van der Waals surface area contributed by atoms with Gasteiger partial charge in [0.2, 0.25) is 0 Å². The SMILES string of the molecule is CCOC(=O)c1cccc2[nH]c3ncncc3c12. The molecule has 2 heterocycles. The number of H-pyrrole nitrogens is 1. The van der Waals surface area contributed by atoms with Gasteiger partial charge in [-0.2, -0.15) is 0 Å². The minimum absolute atomic E-state index is 0.326. The molecule has 3 rings (SSSR count). The number of benzene rings is 1. The van der Waals surface area contributed by atoms with Crippen molar-refractivity contribution in [2.45, 2.75) is 6.92 Å². The van der Waals surface area contributed by atoms with Crippen LogP contribution in [0.25, 0.3) is 21.9 Å². The molecule has 5 nitrogen and oxygen atoms in total. The Morgan fingerprint density at radius 3 is 3.17 bits per heavy atom. The second-order valence-corrected chi connectivity index (χ2v) is 3.86. The van der Waals surface area contributed by atoms with Gasteiger partial charge in [0, 0.05) is 22.5 Å². The van der Waals surface area contributed by atoms with Gasteiger partial charge in [0.05, 0.1) is 12.2 Å². The van der Waals surface area contributed by atoms with Gasteiger partial charge in [-0.1, -0.05) is 6.07 Å². The van der Waals surface area contributed by atoms with Gasteiger partial charge in [0.1, 0.15) is 12.0 Å². The van der Waals surface area contributed by atoms with E-state index in [0.717, 1.165) is 21.9 Å². The smallest absolute Gasteiger partial charge is 0.338 e. The average molecular weight is 241 g/mol. The van der Waals surface area contributed by atoms with Crippen LogP contribution in [0.15, 0.2) is 30.7 Å². The molecule has 0 bridgehead atoms. The molecule has 2 aromatic heterocycles. The number of rotatable bonds is 2. The first kappa shape index (κ1) is 10.7. The lowest BCUT2D eigenvalue weighted by molar-refractivity contribution is 0.0529.